The van der Waals surface area contributed by atoms with Crippen molar-refractivity contribution in [2.45, 2.75) is 20.8 Å². The first-order valence-electron chi connectivity index (χ1n) is 19.7. The van der Waals surface area contributed by atoms with E-state index >= 15 is 0 Å². The molecule has 4 aromatic rings. The smallest absolute Gasteiger partial charge is 0.254 e. The summed E-state index contributed by atoms with van der Waals surface area (Å²) in [6.07, 6.45) is 0. The van der Waals surface area contributed by atoms with Crippen LogP contribution in [0.25, 0.3) is 0 Å². The van der Waals surface area contributed by atoms with Crippen molar-refractivity contribution in [2.75, 3.05) is 75.5 Å². The molecular formula is C44H46Cl4N8O7. The summed E-state index contributed by atoms with van der Waals surface area (Å²) in [4.78, 5) is 96.7. The van der Waals surface area contributed by atoms with Crippen LogP contribution in [0.3, 0.4) is 0 Å². The van der Waals surface area contributed by atoms with Crippen LogP contribution < -0.4 is 20.9 Å². The SMILES string of the molecule is CC(=O)NCCN(CC(=O)N1CC(=O)N(c2cccc(Cl)c2C)C1)C(=O)c1cccc(Cl)c1.Cc1c(Cl)cccc1N1CN(C(=O)CN(CCN)C(=O)c2cccc(Cl)c2)CC1=O. The van der Waals surface area contributed by atoms with E-state index in [1.54, 1.807) is 78.9 Å². The molecule has 0 aromatic heterocycles. The lowest BCUT2D eigenvalue weighted by atomic mass is 10.2. The van der Waals surface area contributed by atoms with E-state index in [-0.39, 0.29) is 101 Å². The summed E-state index contributed by atoms with van der Waals surface area (Å²) >= 11 is 24.3. The quantitative estimate of drug-likeness (QED) is 0.183. The number of anilines is 2. The monoisotopic (exact) mass is 938 g/mol. The maximum absolute atomic E-state index is 13.0. The van der Waals surface area contributed by atoms with Gasteiger partial charge in [-0.05, 0) is 85.6 Å². The molecule has 0 bridgehead atoms. The highest BCUT2D eigenvalue weighted by Crippen LogP contribution is 2.30. The molecule has 4 aromatic carbocycles. The lowest BCUT2D eigenvalue weighted by molar-refractivity contribution is -0.132. The number of hydrogen-bond acceptors (Lipinski definition) is 8. The molecule has 6 rings (SSSR count). The molecule has 19 heteroatoms. The van der Waals surface area contributed by atoms with Gasteiger partial charge in [-0.1, -0.05) is 70.7 Å². The van der Waals surface area contributed by atoms with Crippen molar-refractivity contribution in [2.24, 2.45) is 5.73 Å². The number of halogens is 4. The van der Waals surface area contributed by atoms with E-state index in [1.165, 1.54) is 42.4 Å². The maximum Gasteiger partial charge on any atom is 0.254 e. The number of benzene rings is 4. The third kappa shape index (κ3) is 12.5. The van der Waals surface area contributed by atoms with Crippen LogP contribution in [-0.4, -0.2) is 127 Å². The first-order chi connectivity index (χ1) is 30.0. The Hall–Kier alpha value is -5.71. The minimum Gasteiger partial charge on any atom is -0.355 e. The molecule has 15 nitrogen and oxygen atoms in total. The molecule has 2 fully saturated rings. The molecule has 2 saturated heterocycles. The average Bonchev–Trinajstić information content (AvgIpc) is 3.84. The molecule has 2 aliphatic heterocycles. The fourth-order valence-electron chi connectivity index (χ4n) is 6.79. The minimum atomic E-state index is -0.399. The Morgan fingerprint density at radius 1 is 0.635 bits per heavy atom. The van der Waals surface area contributed by atoms with Crippen LogP contribution in [0.2, 0.25) is 20.1 Å². The highest BCUT2D eigenvalue weighted by molar-refractivity contribution is 6.32. The molecule has 0 unspecified atom stereocenters. The molecule has 3 N–H and O–H groups in total. The molecule has 0 spiro atoms. The standard InChI is InChI=1S/C23H24Cl2N4O4.C21H22Cl2N4O3/c1-15-19(25)7-4-8-20(15)29-14-28(13-22(29)32)21(31)12-27(10-9-26-16(2)30)23(33)17-5-3-6-18(24)11-17;1-14-17(23)6-3-7-18(14)27-13-26(12-20(27)29)19(28)11-25(9-8-24)21(30)15-4-2-5-16(22)10-15/h3-8,11H,9-10,12-14H2,1-2H3,(H,26,30);2-7,10H,8-9,11-13,24H2,1H3. The second-order valence-electron chi connectivity index (χ2n) is 14.6. The van der Waals surface area contributed by atoms with E-state index < -0.39 is 5.91 Å². The number of nitrogens with zero attached hydrogens (tertiary/aromatic N) is 6. The molecule has 0 saturated carbocycles. The minimum absolute atomic E-state index is 0.0593. The Morgan fingerprint density at radius 3 is 1.44 bits per heavy atom. The van der Waals surface area contributed by atoms with Crippen LogP contribution in [0.15, 0.2) is 84.9 Å². The van der Waals surface area contributed by atoms with Crippen molar-refractivity contribution >= 4 is 99.1 Å². The topological polar surface area (TPSA) is 177 Å². The van der Waals surface area contributed by atoms with Crippen LogP contribution >= 0.6 is 46.4 Å². The van der Waals surface area contributed by atoms with Gasteiger partial charge in [-0.3, -0.25) is 43.4 Å². The predicted octanol–water partition coefficient (Wildman–Crippen LogP) is 5.25. The van der Waals surface area contributed by atoms with E-state index in [2.05, 4.69) is 5.32 Å². The number of amides is 7. The summed E-state index contributed by atoms with van der Waals surface area (Å²) in [7, 11) is 0. The first kappa shape index (κ1) is 48.3. The molecule has 0 aliphatic carbocycles. The van der Waals surface area contributed by atoms with E-state index in [0.29, 0.717) is 42.6 Å². The van der Waals surface area contributed by atoms with Crippen LogP contribution in [0.5, 0.6) is 0 Å². The van der Waals surface area contributed by atoms with Crippen LogP contribution in [0, 0.1) is 13.8 Å². The van der Waals surface area contributed by atoms with Crippen LogP contribution in [0.1, 0.15) is 38.8 Å². The summed E-state index contributed by atoms with van der Waals surface area (Å²) in [5, 5.41) is 4.52. The Kier molecular flexibility index (Phi) is 16.9. The number of carbonyl (C=O) groups excluding carboxylic acids is 7. The molecule has 0 atom stereocenters. The summed E-state index contributed by atoms with van der Waals surface area (Å²) < 4.78 is 0. The van der Waals surface area contributed by atoms with Crippen molar-refractivity contribution in [3.63, 3.8) is 0 Å². The van der Waals surface area contributed by atoms with E-state index in [4.69, 9.17) is 52.1 Å². The van der Waals surface area contributed by atoms with Gasteiger partial charge < -0.3 is 30.7 Å². The van der Waals surface area contributed by atoms with E-state index in [1.807, 2.05) is 13.8 Å². The van der Waals surface area contributed by atoms with Crippen molar-refractivity contribution in [3.05, 3.63) is 127 Å². The number of rotatable bonds is 13. The van der Waals surface area contributed by atoms with Gasteiger partial charge in [0.05, 0.1) is 0 Å². The van der Waals surface area contributed by atoms with Crippen LogP contribution in [0.4, 0.5) is 11.4 Å². The molecule has 7 amide bonds. The summed E-state index contributed by atoms with van der Waals surface area (Å²) in [6.45, 7) is 5.27. The van der Waals surface area contributed by atoms with Gasteiger partial charge in [0.2, 0.25) is 29.5 Å². The molecule has 2 aliphatic rings. The maximum atomic E-state index is 13.0. The highest BCUT2D eigenvalue weighted by Gasteiger charge is 2.35. The zero-order chi connectivity index (χ0) is 46.0. The van der Waals surface area contributed by atoms with E-state index in [9.17, 15) is 33.6 Å². The summed E-state index contributed by atoms with van der Waals surface area (Å²) in [6, 6.07) is 23.5. The second kappa shape index (κ2) is 22.1. The Morgan fingerprint density at radius 2 is 1.05 bits per heavy atom. The molecule has 0 radical (unpaired) electrons. The third-order valence-corrected chi connectivity index (χ3v) is 11.5. The van der Waals surface area contributed by atoms with Crippen molar-refractivity contribution < 1.29 is 33.6 Å². The fraction of sp³-hybridized carbons (Fsp3) is 0.295. The Bertz CT molecular complexity index is 2400. The number of nitrogens with two attached hydrogens (primary N) is 1. The zero-order valence-corrected chi connectivity index (χ0v) is 37.8. The van der Waals surface area contributed by atoms with Gasteiger partial charge >= 0.3 is 0 Å². The fourth-order valence-corrected chi connectivity index (χ4v) is 7.51. The largest absolute Gasteiger partial charge is 0.355 e. The number of hydrogen-bond donors (Lipinski definition) is 2. The lowest BCUT2D eigenvalue weighted by Crippen LogP contribution is -2.45. The van der Waals surface area contributed by atoms with Crippen molar-refractivity contribution in [1.29, 1.82) is 0 Å². The number of nitrogens with one attached hydrogen (secondary N) is 1. The predicted molar refractivity (Wildman–Crippen MR) is 243 cm³/mol. The zero-order valence-electron chi connectivity index (χ0n) is 34.8. The first-order valence-corrected chi connectivity index (χ1v) is 21.2. The molecule has 2 heterocycles. The van der Waals surface area contributed by atoms with E-state index in [0.717, 1.165) is 11.1 Å². The van der Waals surface area contributed by atoms with Gasteiger partial charge in [-0.15, -0.1) is 0 Å². The van der Waals surface area contributed by atoms with Gasteiger partial charge in [-0.25, -0.2) is 0 Å². The lowest BCUT2D eigenvalue weighted by Gasteiger charge is -2.25. The van der Waals surface area contributed by atoms with Crippen LogP contribution in [-0.2, 0) is 24.0 Å². The van der Waals surface area contributed by atoms with Crippen molar-refractivity contribution in [3.8, 4) is 0 Å². The molecule has 63 heavy (non-hydrogen) atoms. The summed E-state index contributed by atoms with van der Waals surface area (Å²) in [5.41, 5.74) is 9.15. The van der Waals surface area contributed by atoms with Gasteiger partial charge in [-0.2, -0.15) is 0 Å². The highest BCUT2D eigenvalue weighted by atomic mass is 35.5. The van der Waals surface area contributed by atoms with Gasteiger partial charge in [0, 0.05) is 75.7 Å². The number of carbonyl (C=O) groups is 7. The van der Waals surface area contributed by atoms with Gasteiger partial charge in [0.15, 0.2) is 0 Å². The Labute approximate surface area is 385 Å². The third-order valence-electron chi connectivity index (χ3n) is 10.2. The van der Waals surface area contributed by atoms with Gasteiger partial charge in [0.25, 0.3) is 11.8 Å². The second-order valence-corrected chi connectivity index (χ2v) is 16.3. The molecular weight excluding hydrogens is 894 g/mol. The average molecular weight is 941 g/mol. The Balaban J connectivity index is 0.000000239. The van der Waals surface area contributed by atoms with Crippen molar-refractivity contribution in [1.82, 2.24) is 24.9 Å². The van der Waals surface area contributed by atoms with Gasteiger partial charge in [0.1, 0.15) is 39.5 Å². The molecule has 332 valence electrons. The normalized spacial score (nSPS) is 13.5. The summed E-state index contributed by atoms with van der Waals surface area (Å²) in [5.74, 6) is -2.15.